The van der Waals surface area contributed by atoms with Gasteiger partial charge in [-0.3, -0.25) is 0 Å². The number of hydrogen-bond acceptors (Lipinski definition) is 3. The zero-order valence-corrected chi connectivity index (χ0v) is 15.5. The van der Waals surface area contributed by atoms with Crippen molar-refractivity contribution in [3.05, 3.63) is 0 Å². The fraction of sp³-hybridized carbons (Fsp3) is 1.00. The SMILES string of the molecule is CC[N](C)[Sn]1[N](CC(C)C)C(C)[N]1CC(C)C. The topological polar surface area (TPSA) is 9.72 Å². The fourth-order valence-electron chi connectivity index (χ4n) is 2.45. The van der Waals surface area contributed by atoms with E-state index in [1.165, 1.54) is 19.6 Å². The monoisotopic (exact) mass is 348 g/mol. The average molecular weight is 347 g/mol. The molecule has 0 atom stereocenters. The third-order valence-electron chi connectivity index (χ3n) is 3.36. The molecule has 0 aromatic rings. The second-order valence-corrected chi connectivity index (χ2v) is 13.2. The third kappa shape index (κ3) is 3.82. The van der Waals surface area contributed by atoms with Crippen LogP contribution in [0, 0.1) is 11.8 Å². The van der Waals surface area contributed by atoms with E-state index in [1.807, 2.05) is 0 Å². The first-order chi connectivity index (χ1) is 7.88. The quantitative estimate of drug-likeness (QED) is 0.683. The van der Waals surface area contributed by atoms with Crippen LogP contribution < -0.4 is 0 Å². The van der Waals surface area contributed by atoms with Gasteiger partial charge in [0.05, 0.1) is 0 Å². The molecule has 0 unspecified atom stereocenters. The summed E-state index contributed by atoms with van der Waals surface area (Å²) in [5.41, 5.74) is 0. The maximum absolute atomic E-state index is 2.82. The van der Waals surface area contributed by atoms with Crippen LogP contribution in [-0.2, 0) is 0 Å². The molecule has 0 spiro atoms. The summed E-state index contributed by atoms with van der Waals surface area (Å²) < 4.78 is 8.28. The molecule has 1 aliphatic heterocycles. The second kappa shape index (κ2) is 6.73. The Bertz CT molecular complexity index is 215. The standard InChI is InChI=1S/C10H22N2.C3H8N.Sn/c1-8(2)6-11-10(5)12-7-9(3)4;1-3-4-2;/h8-10H,6-7H2,1-5H3;3H2,1-2H3;/q-2;-1;+3. The summed E-state index contributed by atoms with van der Waals surface area (Å²) in [7, 11) is 2.32. The van der Waals surface area contributed by atoms with Crippen molar-refractivity contribution in [2.24, 2.45) is 11.8 Å². The average Bonchev–Trinajstić information content (AvgIpc) is 2.25. The summed E-state index contributed by atoms with van der Waals surface area (Å²) in [5.74, 6) is 1.58. The van der Waals surface area contributed by atoms with Gasteiger partial charge in [-0.25, -0.2) is 0 Å². The molecule has 1 rings (SSSR count). The van der Waals surface area contributed by atoms with E-state index in [9.17, 15) is 0 Å². The summed E-state index contributed by atoms with van der Waals surface area (Å²) in [5, 5.41) is 0. The molecule has 4 heteroatoms. The predicted octanol–water partition coefficient (Wildman–Crippen LogP) is 2.20. The van der Waals surface area contributed by atoms with Gasteiger partial charge < -0.3 is 0 Å². The zero-order valence-electron chi connectivity index (χ0n) is 12.7. The first-order valence-corrected chi connectivity index (χ1v) is 10.8. The van der Waals surface area contributed by atoms with E-state index in [4.69, 9.17) is 0 Å². The van der Waals surface area contributed by atoms with Gasteiger partial charge in [-0.2, -0.15) is 0 Å². The van der Waals surface area contributed by atoms with Crippen LogP contribution in [0.25, 0.3) is 0 Å². The van der Waals surface area contributed by atoms with E-state index < -0.39 is 20.6 Å². The molecular weight excluding hydrogens is 317 g/mol. The molecule has 0 N–H and O–H groups in total. The molecule has 0 bridgehead atoms. The Morgan fingerprint density at radius 1 is 1.06 bits per heavy atom. The van der Waals surface area contributed by atoms with Gasteiger partial charge in [-0.05, 0) is 0 Å². The molecule has 101 valence electrons. The molecule has 0 aliphatic carbocycles. The Morgan fingerprint density at radius 3 is 1.76 bits per heavy atom. The number of nitrogens with zero attached hydrogens (tertiary/aromatic N) is 3. The van der Waals surface area contributed by atoms with Crippen molar-refractivity contribution in [3.63, 3.8) is 0 Å². The van der Waals surface area contributed by atoms with Crippen LogP contribution in [0.4, 0.5) is 0 Å². The molecule has 1 aliphatic rings. The van der Waals surface area contributed by atoms with Gasteiger partial charge in [0.25, 0.3) is 0 Å². The van der Waals surface area contributed by atoms with Gasteiger partial charge in [0, 0.05) is 0 Å². The summed E-state index contributed by atoms with van der Waals surface area (Å²) in [6.07, 6.45) is 0.684. The Labute approximate surface area is 116 Å². The van der Waals surface area contributed by atoms with Crippen LogP contribution in [0.3, 0.4) is 0 Å². The van der Waals surface area contributed by atoms with E-state index >= 15 is 0 Å². The summed E-state index contributed by atoms with van der Waals surface area (Å²) >= 11 is -1.62. The van der Waals surface area contributed by atoms with Crippen molar-refractivity contribution >= 4 is 20.6 Å². The molecule has 0 amide bonds. The van der Waals surface area contributed by atoms with Crippen LogP contribution in [-0.4, -0.2) is 62.8 Å². The maximum atomic E-state index is 2.82. The van der Waals surface area contributed by atoms with Crippen LogP contribution in [0.1, 0.15) is 41.5 Å². The molecule has 1 heterocycles. The molecular formula is C13H30N3Sn. The van der Waals surface area contributed by atoms with Gasteiger partial charge in [-0.15, -0.1) is 0 Å². The third-order valence-corrected chi connectivity index (χ3v) is 12.3. The van der Waals surface area contributed by atoms with Crippen molar-refractivity contribution in [2.45, 2.75) is 47.7 Å². The molecule has 1 fully saturated rings. The fourth-order valence-corrected chi connectivity index (χ4v) is 11.9. The van der Waals surface area contributed by atoms with Crippen molar-refractivity contribution in [3.8, 4) is 0 Å². The van der Waals surface area contributed by atoms with Crippen LogP contribution in [0.5, 0.6) is 0 Å². The zero-order chi connectivity index (χ0) is 13.2. The van der Waals surface area contributed by atoms with Gasteiger partial charge in [0.15, 0.2) is 0 Å². The summed E-state index contributed by atoms with van der Waals surface area (Å²) in [6, 6.07) is 0. The van der Waals surface area contributed by atoms with Gasteiger partial charge in [0.1, 0.15) is 0 Å². The van der Waals surface area contributed by atoms with Crippen molar-refractivity contribution in [2.75, 3.05) is 26.7 Å². The van der Waals surface area contributed by atoms with Gasteiger partial charge in [-0.1, -0.05) is 0 Å². The first-order valence-electron chi connectivity index (χ1n) is 6.99. The van der Waals surface area contributed by atoms with E-state index in [2.05, 4.69) is 58.0 Å². The first kappa shape index (κ1) is 15.7. The summed E-state index contributed by atoms with van der Waals surface area (Å²) in [4.78, 5) is 0. The van der Waals surface area contributed by atoms with Crippen LogP contribution >= 0.6 is 0 Å². The van der Waals surface area contributed by atoms with Gasteiger partial charge >= 0.3 is 116 Å². The molecule has 0 aromatic heterocycles. The Hall–Kier alpha value is 0.679. The molecule has 3 nitrogen and oxygen atoms in total. The van der Waals surface area contributed by atoms with Crippen LogP contribution in [0.15, 0.2) is 0 Å². The van der Waals surface area contributed by atoms with Crippen molar-refractivity contribution < 1.29 is 0 Å². The van der Waals surface area contributed by atoms with Gasteiger partial charge in [0.2, 0.25) is 0 Å². The van der Waals surface area contributed by atoms with Crippen LogP contribution in [0.2, 0.25) is 0 Å². The van der Waals surface area contributed by atoms with E-state index in [-0.39, 0.29) is 0 Å². The Morgan fingerprint density at radius 2 is 1.47 bits per heavy atom. The molecule has 17 heavy (non-hydrogen) atoms. The summed E-state index contributed by atoms with van der Waals surface area (Å²) in [6.45, 7) is 17.8. The van der Waals surface area contributed by atoms with Crippen molar-refractivity contribution in [1.82, 2.24) is 9.36 Å². The van der Waals surface area contributed by atoms with E-state index in [0.717, 1.165) is 11.8 Å². The number of rotatable bonds is 6. The number of hydrogen-bond donors (Lipinski definition) is 0. The second-order valence-electron chi connectivity index (χ2n) is 6.04. The van der Waals surface area contributed by atoms with Crippen molar-refractivity contribution in [1.29, 1.82) is 0 Å². The minimum atomic E-state index is -1.62. The van der Waals surface area contributed by atoms with E-state index in [1.54, 1.807) is 0 Å². The predicted molar refractivity (Wildman–Crippen MR) is 76.6 cm³/mol. The molecule has 0 saturated carbocycles. The normalized spacial score (nSPS) is 20.8. The molecule has 1 saturated heterocycles. The Balaban J connectivity index is 2.66. The molecule has 1 radical (unpaired) electrons. The van der Waals surface area contributed by atoms with E-state index in [0.29, 0.717) is 6.17 Å². The minimum absolute atomic E-state index is 0.684. The molecule has 0 aromatic carbocycles. The Kier molecular flexibility index (Phi) is 6.23.